The summed E-state index contributed by atoms with van der Waals surface area (Å²) in [6.45, 7) is 2.52. The van der Waals surface area contributed by atoms with Gasteiger partial charge in [0.2, 0.25) is 0 Å². The Bertz CT molecular complexity index is 994. The van der Waals surface area contributed by atoms with Crippen LogP contribution < -0.4 is 4.74 Å². The van der Waals surface area contributed by atoms with E-state index < -0.39 is 5.82 Å². The molecule has 1 aliphatic heterocycles. The fourth-order valence-corrected chi connectivity index (χ4v) is 5.69. The summed E-state index contributed by atoms with van der Waals surface area (Å²) in [6, 6.07) is 10.2. The molecule has 2 atom stereocenters. The molecule has 2 bridgehead atoms. The first-order valence-electron chi connectivity index (χ1n) is 10.8. The maximum atomic E-state index is 13.8. The van der Waals surface area contributed by atoms with Gasteiger partial charge in [0, 0.05) is 17.6 Å². The van der Waals surface area contributed by atoms with Crippen LogP contribution in [0.4, 0.5) is 4.39 Å². The van der Waals surface area contributed by atoms with Gasteiger partial charge in [0.15, 0.2) is 0 Å². The number of ether oxygens (including phenoxy) is 2. The van der Waals surface area contributed by atoms with Crippen molar-refractivity contribution in [3.8, 4) is 11.5 Å². The average Bonchev–Trinajstić information content (AvgIpc) is 2.77. The first-order valence-corrected chi connectivity index (χ1v) is 11.2. The third kappa shape index (κ3) is 3.40. The Balaban J connectivity index is 1.50. The molecule has 1 N–H and O–H groups in total. The number of hydrogen-bond acceptors (Lipinski definition) is 3. The van der Waals surface area contributed by atoms with E-state index in [2.05, 4.69) is 6.92 Å². The first kappa shape index (κ1) is 19.9. The normalized spacial score (nSPS) is 27.8. The number of aliphatic hydroxyl groups is 1. The van der Waals surface area contributed by atoms with Crippen LogP contribution in [-0.2, 0) is 11.2 Å². The third-order valence-electron chi connectivity index (χ3n) is 7.10. The smallest absolute Gasteiger partial charge is 0.145 e. The van der Waals surface area contributed by atoms with E-state index in [1.165, 1.54) is 37.8 Å². The topological polar surface area (TPSA) is 38.7 Å². The van der Waals surface area contributed by atoms with Gasteiger partial charge >= 0.3 is 0 Å². The summed E-state index contributed by atoms with van der Waals surface area (Å²) in [6.07, 6.45) is 5.78. The van der Waals surface area contributed by atoms with Crippen LogP contribution in [0.25, 0.3) is 5.57 Å². The van der Waals surface area contributed by atoms with Crippen molar-refractivity contribution in [3.05, 3.63) is 64.1 Å². The summed E-state index contributed by atoms with van der Waals surface area (Å²) in [4.78, 5) is 0. The summed E-state index contributed by atoms with van der Waals surface area (Å²) in [5.74, 6) is 2.16. The summed E-state index contributed by atoms with van der Waals surface area (Å²) < 4.78 is 26.0. The molecule has 1 heterocycles. The Morgan fingerprint density at radius 3 is 2.50 bits per heavy atom. The van der Waals surface area contributed by atoms with Gasteiger partial charge in [-0.3, -0.25) is 0 Å². The van der Waals surface area contributed by atoms with Crippen LogP contribution in [0.1, 0.15) is 43.7 Å². The molecular weight excluding hydrogens is 403 g/mol. The zero-order chi connectivity index (χ0) is 20.8. The number of hydrogen-bond donors (Lipinski definition) is 1. The number of aryl methyl sites for hydroxylation is 1. The SMILES string of the molecule is CCc1ccc(Oc2ccc(Cl)c(F)c2)cc1C1=C(O)C2C3CCC(CC3)C2OC1. The molecule has 0 saturated heterocycles. The molecule has 2 aromatic carbocycles. The van der Waals surface area contributed by atoms with Gasteiger partial charge < -0.3 is 14.6 Å². The second kappa shape index (κ2) is 7.90. The van der Waals surface area contributed by atoms with Crippen LogP contribution in [0.2, 0.25) is 5.02 Å². The van der Waals surface area contributed by atoms with Crippen LogP contribution in [0, 0.1) is 23.6 Å². The second-order valence-electron chi connectivity index (χ2n) is 8.69. The van der Waals surface area contributed by atoms with Gasteiger partial charge in [-0.05, 0) is 79.3 Å². The lowest BCUT2D eigenvalue weighted by molar-refractivity contribution is -0.0972. The van der Waals surface area contributed by atoms with Crippen molar-refractivity contribution in [1.29, 1.82) is 0 Å². The van der Waals surface area contributed by atoms with Crippen LogP contribution in [0.3, 0.4) is 0 Å². The lowest BCUT2D eigenvalue weighted by Gasteiger charge is -2.50. The molecule has 0 amide bonds. The van der Waals surface area contributed by atoms with Crippen molar-refractivity contribution in [3.63, 3.8) is 0 Å². The molecule has 2 unspecified atom stereocenters. The van der Waals surface area contributed by atoms with Gasteiger partial charge in [-0.15, -0.1) is 0 Å². The number of aliphatic hydroxyl groups excluding tert-OH is 1. The van der Waals surface area contributed by atoms with Crippen LogP contribution in [-0.4, -0.2) is 17.8 Å². The largest absolute Gasteiger partial charge is 0.512 e. The van der Waals surface area contributed by atoms with Crippen molar-refractivity contribution in [2.45, 2.75) is 45.1 Å². The highest BCUT2D eigenvalue weighted by Crippen LogP contribution is 2.52. The van der Waals surface area contributed by atoms with Crippen LogP contribution in [0.15, 0.2) is 42.2 Å². The Hall–Kier alpha value is -2.04. The van der Waals surface area contributed by atoms with Crippen molar-refractivity contribution in [2.24, 2.45) is 17.8 Å². The van der Waals surface area contributed by atoms with E-state index in [1.807, 2.05) is 18.2 Å². The van der Waals surface area contributed by atoms with E-state index in [1.54, 1.807) is 6.07 Å². The minimum Gasteiger partial charge on any atom is -0.512 e. The van der Waals surface area contributed by atoms with E-state index in [4.69, 9.17) is 21.1 Å². The molecule has 6 rings (SSSR count). The summed E-state index contributed by atoms with van der Waals surface area (Å²) >= 11 is 5.77. The molecule has 3 saturated carbocycles. The number of benzene rings is 2. The molecule has 0 spiro atoms. The first-order chi connectivity index (χ1) is 14.5. The molecule has 3 fully saturated rings. The predicted octanol–water partition coefficient (Wildman–Crippen LogP) is 6.94. The highest BCUT2D eigenvalue weighted by molar-refractivity contribution is 6.30. The average molecular weight is 429 g/mol. The monoisotopic (exact) mass is 428 g/mol. The van der Waals surface area contributed by atoms with Gasteiger partial charge in [-0.1, -0.05) is 24.6 Å². The number of fused-ring (bicyclic) bond motifs is 2. The molecule has 2 aromatic rings. The van der Waals surface area contributed by atoms with Gasteiger partial charge in [-0.25, -0.2) is 4.39 Å². The Kier molecular flexibility index (Phi) is 5.24. The minimum atomic E-state index is -0.515. The molecule has 4 aliphatic rings. The van der Waals surface area contributed by atoms with Crippen molar-refractivity contribution in [1.82, 2.24) is 0 Å². The van der Waals surface area contributed by atoms with E-state index in [0.29, 0.717) is 35.7 Å². The zero-order valence-corrected chi connectivity index (χ0v) is 17.8. The Labute approximate surface area is 181 Å². The number of rotatable bonds is 4. The molecule has 30 heavy (non-hydrogen) atoms. The molecule has 0 radical (unpaired) electrons. The van der Waals surface area contributed by atoms with E-state index in [0.717, 1.165) is 23.1 Å². The predicted molar refractivity (Wildman–Crippen MR) is 116 cm³/mol. The van der Waals surface area contributed by atoms with E-state index in [9.17, 15) is 9.50 Å². The van der Waals surface area contributed by atoms with Gasteiger partial charge in [0.1, 0.15) is 23.1 Å². The fraction of sp³-hybridized carbons (Fsp3) is 0.440. The highest BCUT2D eigenvalue weighted by atomic mass is 35.5. The lowest BCUT2D eigenvalue weighted by Crippen LogP contribution is -2.48. The molecule has 3 nitrogen and oxygen atoms in total. The molecule has 0 aromatic heterocycles. The highest BCUT2D eigenvalue weighted by Gasteiger charge is 2.48. The van der Waals surface area contributed by atoms with Crippen LogP contribution >= 0.6 is 11.6 Å². The van der Waals surface area contributed by atoms with Gasteiger partial charge in [0.05, 0.1) is 17.7 Å². The van der Waals surface area contributed by atoms with Crippen molar-refractivity contribution >= 4 is 17.2 Å². The summed E-state index contributed by atoms with van der Waals surface area (Å²) in [5, 5.41) is 11.4. The molecule has 158 valence electrons. The summed E-state index contributed by atoms with van der Waals surface area (Å²) in [7, 11) is 0. The quantitative estimate of drug-likeness (QED) is 0.573. The maximum Gasteiger partial charge on any atom is 0.145 e. The Morgan fingerprint density at radius 1 is 1.07 bits per heavy atom. The van der Waals surface area contributed by atoms with Gasteiger partial charge in [0.25, 0.3) is 0 Å². The Morgan fingerprint density at radius 2 is 1.77 bits per heavy atom. The second-order valence-corrected chi connectivity index (χ2v) is 9.10. The van der Waals surface area contributed by atoms with Gasteiger partial charge in [-0.2, -0.15) is 0 Å². The molecular formula is C25H26ClFO3. The summed E-state index contributed by atoms with van der Waals surface area (Å²) in [5.41, 5.74) is 2.96. The fourth-order valence-electron chi connectivity index (χ4n) is 5.57. The molecule has 3 aliphatic carbocycles. The minimum absolute atomic E-state index is 0.0649. The van der Waals surface area contributed by atoms with E-state index in [-0.39, 0.29) is 17.0 Å². The third-order valence-corrected chi connectivity index (χ3v) is 7.41. The molecule has 5 heteroatoms. The van der Waals surface area contributed by atoms with Crippen LogP contribution in [0.5, 0.6) is 11.5 Å². The standard InChI is InChI=1S/C25H26ClFO3/c1-2-14-7-8-17(30-18-9-10-21(26)22(27)12-18)11-19(14)20-13-29-25-16-5-3-15(4-6-16)23(25)24(20)28/h7-12,15-16,23,25,28H,2-6,13H2,1H3. The van der Waals surface area contributed by atoms with Crippen molar-refractivity contribution < 1.29 is 19.0 Å². The number of halogens is 2. The van der Waals surface area contributed by atoms with Crippen molar-refractivity contribution in [2.75, 3.05) is 6.61 Å². The maximum absolute atomic E-state index is 13.8. The zero-order valence-electron chi connectivity index (χ0n) is 17.0. The lowest BCUT2D eigenvalue weighted by atomic mass is 9.61. The van der Waals surface area contributed by atoms with E-state index >= 15 is 0 Å².